The number of carboxylic acid groups (broad SMARTS) is 1. The predicted molar refractivity (Wildman–Crippen MR) is 72.7 cm³/mol. The minimum Gasteiger partial charge on any atom is -0.493 e. The molecule has 19 heavy (non-hydrogen) atoms. The van der Waals surface area contributed by atoms with Crippen molar-refractivity contribution in [2.75, 3.05) is 20.3 Å². The van der Waals surface area contributed by atoms with E-state index in [0.29, 0.717) is 18.0 Å². The van der Waals surface area contributed by atoms with E-state index in [1.165, 1.54) is 7.11 Å². The Labute approximate surface area is 113 Å². The number of hydrogen-bond acceptors (Lipinski definition) is 4. The lowest BCUT2D eigenvalue weighted by molar-refractivity contribution is -0.139. The number of unbranched alkanes of at least 4 members (excludes halogenated alkanes) is 1. The van der Waals surface area contributed by atoms with E-state index < -0.39 is 5.97 Å². The smallest absolute Gasteiger partial charge is 0.341 e. The number of benzene rings is 1. The molecule has 0 unspecified atom stereocenters. The summed E-state index contributed by atoms with van der Waals surface area (Å²) in [6, 6.07) is 5.52. The fourth-order valence-electron chi connectivity index (χ4n) is 1.68. The summed E-state index contributed by atoms with van der Waals surface area (Å²) in [4.78, 5) is 10.6. The van der Waals surface area contributed by atoms with Crippen molar-refractivity contribution in [3.8, 4) is 11.5 Å². The Morgan fingerprint density at radius 2 is 2.21 bits per heavy atom. The Hall–Kier alpha value is -1.75. The first kappa shape index (κ1) is 15.3. The van der Waals surface area contributed by atoms with Crippen molar-refractivity contribution >= 4 is 5.97 Å². The topological polar surface area (TPSA) is 67.8 Å². The van der Waals surface area contributed by atoms with Crippen LogP contribution in [0, 0.1) is 0 Å². The summed E-state index contributed by atoms with van der Waals surface area (Å²) in [6.45, 7) is 3.31. The molecule has 0 amide bonds. The molecule has 0 heterocycles. The van der Waals surface area contributed by atoms with E-state index >= 15 is 0 Å². The highest BCUT2D eigenvalue weighted by molar-refractivity contribution is 5.68. The normalized spacial score (nSPS) is 10.2. The molecule has 0 spiro atoms. The third-order valence-electron chi connectivity index (χ3n) is 2.64. The fourth-order valence-corrected chi connectivity index (χ4v) is 1.68. The van der Waals surface area contributed by atoms with E-state index in [-0.39, 0.29) is 6.61 Å². The largest absolute Gasteiger partial charge is 0.493 e. The van der Waals surface area contributed by atoms with Gasteiger partial charge in [0.05, 0.1) is 7.11 Å². The molecule has 1 aromatic carbocycles. The van der Waals surface area contributed by atoms with Crippen LogP contribution in [0.25, 0.3) is 0 Å². The van der Waals surface area contributed by atoms with Crippen LogP contribution < -0.4 is 14.8 Å². The number of carbonyl (C=O) groups is 1. The molecule has 1 rings (SSSR count). The van der Waals surface area contributed by atoms with E-state index in [9.17, 15) is 4.79 Å². The summed E-state index contributed by atoms with van der Waals surface area (Å²) in [5.41, 5.74) is 0.900. The number of para-hydroxylation sites is 1. The number of aliphatic carboxylic acids is 1. The molecule has 0 aromatic heterocycles. The lowest BCUT2D eigenvalue weighted by Gasteiger charge is -2.14. The Kier molecular flexibility index (Phi) is 6.74. The van der Waals surface area contributed by atoms with Gasteiger partial charge in [0.2, 0.25) is 0 Å². The maximum atomic E-state index is 10.6. The van der Waals surface area contributed by atoms with Crippen LogP contribution in [0.5, 0.6) is 11.5 Å². The van der Waals surface area contributed by atoms with Gasteiger partial charge in [0.25, 0.3) is 0 Å². The molecule has 0 aliphatic rings. The Bertz CT molecular complexity index is 406. The van der Waals surface area contributed by atoms with E-state index in [1.54, 1.807) is 6.07 Å². The fraction of sp³-hybridized carbons (Fsp3) is 0.500. The van der Waals surface area contributed by atoms with Crippen LogP contribution in [0.2, 0.25) is 0 Å². The zero-order chi connectivity index (χ0) is 14.1. The van der Waals surface area contributed by atoms with Gasteiger partial charge in [-0.1, -0.05) is 25.5 Å². The van der Waals surface area contributed by atoms with Gasteiger partial charge in [-0.05, 0) is 19.0 Å². The molecule has 0 bridgehead atoms. The highest BCUT2D eigenvalue weighted by Gasteiger charge is 2.11. The second-order valence-electron chi connectivity index (χ2n) is 4.16. The van der Waals surface area contributed by atoms with Gasteiger partial charge < -0.3 is 19.9 Å². The molecule has 0 fully saturated rings. The summed E-state index contributed by atoms with van der Waals surface area (Å²) in [5.74, 6) is 0.0447. The van der Waals surface area contributed by atoms with Gasteiger partial charge >= 0.3 is 5.97 Å². The third-order valence-corrected chi connectivity index (χ3v) is 2.64. The lowest BCUT2D eigenvalue weighted by Crippen LogP contribution is -2.17. The first-order valence-corrected chi connectivity index (χ1v) is 6.40. The molecule has 106 valence electrons. The summed E-state index contributed by atoms with van der Waals surface area (Å²) < 4.78 is 10.5. The number of rotatable bonds is 9. The Morgan fingerprint density at radius 1 is 1.42 bits per heavy atom. The highest BCUT2D eigenvalue weighted by atomic mass is 16.5. The molecule has 0 saturated carbocycles. The summed E-state index contributed by atoms with van der Waals surface area (Å²) in [6.07, 6.45) is 2.24. The van der Waals surface area contributed by atoms with E-state index in [1.807, 2.05) is 12.1 Å². The lowest BCUT2D eigenvalue weighted by atomic mass is 10.2. The van der Waals surface area contributed by atoms with Gasteiger partial charge in [0.15, 0.2) is 18.1 Å². The zero-order valence-corrected chi connectivity index (χ0v) is 11.4. The maximum absolute atomic E-state index is 10.6. The molecular weight excluding hydrogens is 246 g/mol. The van der Waals surface area contributed by atoms with Crippen LogP contribution in [-0.4, -0.2) is 31.3 Å². The minimum atomic E-state index is -1.00. The highest BCUT2D eigenvalue weighted by Crippen LogP contribution is 2.30. The predicted octanol–water partition coefficient (Wildman–Crippen LogP) is 2.05. The van der Waals surface area contributed by atoms with Gasteiger partial charge in [-0.2, -0.15) is 0 Å². The standard InChI is InChI=1S/C14H21NO4/c1-3-4-8-15-9-11-6-5-7-12(18-2)14(11)19-10-13(16)17/h5-7,15H,3-4,8-10H2,1-2H3,(H,16,17). The van der Waals surface area contributed by atoms with Crippen molar-refractivity contribution in [2.24, 2.45) is 0 Å². The van der Waals surface area contributed by atoms with Crippen LogP contribution >= 0.6 is 0 Å². The van der Waals surface area contributed by atoms with Crippen LogP contribution in [0.1, 0.15) is 25.3 Å². The van der Waals surface area contributed by atoms with Crippen molar-refractivity contribution in [1.82, 2.24) is 5.32 Å². The third kappa shape index (κ3) is 5.18. The SMILES string of the molecule is CCCCNCc1cccc(OC)c1OCC(=O)O. The molecule has 2 N–H and O–H groups in total. The number of carboxylic acids is 1. The summed E-state index contributed by atoms with van der Waals surface area (Å²) in [5, 5.41) is 12.0. The molecule has 1 aromatic rings. The van der Waals surface area contributed by atoms with Crippen molar-refractivity contribution < 1.29 is 19.4 Å². The number of ether oxygens (including phenoxy) is 2. The molecule has 0 saturated heterocycles. The average molecular weight is 267 g/mol. The van der Waals surface area contributed by atoms with Crippen LogP contribution in [-0.2, 0) is 11.3 Å². The molecule has 0 aliphatic carbocycles. The molecule has 5 heteroatoms. The molecular formula is C14H21NO4. The molecule has 0 aliphatic heterocycles. The van der Waals surface area contributed by atoms with E-state index in [4.69, 9.17) is 14.6 Å². The first-order valence-electron chi connectivity index (χ1n) is 6.40. The monoisotopic (exact) mass is 267 g/mol. The quantitative estimate of drug-likeness (QED) is 0.670. The van der Waals surface area contributed by atoms with Crippen LogP contribution in [0.15, 0.2) is 18.2 Å². The van der Waals surface area contributed by atoms with Crippen molar-refractivity contribution in [3.05, 3.63) is 23.8 Å². The van der Waals surface area contributed by atoms with Gasteiger partial charge in [0.1, 0.15) is 0 Å². The van der Waals surface area contributed by atoms with Gasteiger partial charge in [0, 0.05) is 12.1 Å². The van der Waals surface area contributed by atoms with Crippen molar-refractivity contribution in [3.63, 3.8) is 0 Å². The van der Waals surface area contributed by atoms with Crippen molar-refractivity contribution in [1.29, 1.82) is 0 Å². The first-order chi connectivity index (χ1) is 9.19. The van der Waals surface area contributed by atoms with E-state index in [0.717, 1.165) is 24.9 Å². The molecule has 0 atom stereocenters. The van der Waals surface area contributed by atoms with Gasteiger partial charge in [-0.25, -0.2) is 4.79 Å². The van der Waals surface area contributed by atoms with Gasteiger partial charge in [-0.15, -0.1) is 0 Å². The van der Waals surface area contributed by atoms with Crippen molar-refractivity contribution in [2.45, 2.75) is 26.3 Å². The summed E-state index contributed by atoms with van der Waals surface area (Å²) >= 11 is 0. The number of nitrogens with one attached hydrogen (secondary N) is 1. The second kappa shape index (κ2) is 8.37. The minimum absolute atomic E-state index is 0.373. The Balaban J connectivity index is 2.73. The van der Waals surface area contributed by atoms with Crippen LogP contribution in [0.4, 0.5) is 0 Å². The molecule has 0 radical (unpaired) electrons. The number of hydrogen-bond donors (Lipinski definition) is 2. The van der Waals surface area contributed by atoms with Gasteiger partial charge in [-0.3, -0.25) is 0 Å². The average Bonchev–Trinajstić information content (AvgIpc) is 2.41. The molecule has 5 nitrogen and oxygen atoms in total. The van der Waals surface area contributed by atoms with Crippen LogP contribution in [0.3, 0.4) is 0 Å². The van der Waals surface area contributed by atoms with E-state index in [2.05, 4.69) is 12.2 Å². The zero-order valence-electron chi connectivity index (χ0n) is 11.4. The summed E-state index contributed by atoms with van der Waals surface area (Å²) in [7, 11) is 1.54. The Morgan fingerprint density at radius 3 is 2.84 bits per heavy atom. The second-order valence-corrected chi connectivity index (χ2v) is 4.16. The number of methoxy groups -OCH3 is 1. The maximum Gasteiger partial charge on any atom is 0.341 e.